The van der Waals surface area contributed by atoms with Crippen molar-refractivity contribution in [2.24, 2.45) is 0 Å². The second kappa shape index (κ2) is 9.97. The first-order chi connectivity index (χ1) is 11.6. The van der Waals surface area contributed by atoms with Crippen LogP contribution >= 0.6 is 36.4 Å². The molecule has 3 rings (SSSR count). The van der Waals surface area contributed by atoms with E-state index in [1.165, 1.54) is 0 Å². The van der Waals surface area contributed by atoms with Gasteiger partial charge in [-0.3, -0.25) is 4.79 Å². The Balaban J connectivity index is 0.00000169. The van der Waals surface area contributed by atoms with Gasteiger partial charge in [-0.15, -0.1) is 29.9 Å². The lowest BCUT2D eigenvalue weighted by molar-refractivity contribution is 0.102. The summed E-state index contributed by atoms with van der Waals surface area (Å²) in [6.45, 7) is 1.92. The molecule has 1 amide bonds. The van der Waals surface area contributed by atoms with Gasteiger partial charge in [-0.1, -0.05) is 22.9 Å². The predicted octanol–water partition coefficient (Wildman–Crippen LogP) is 3.02. The molecule has 0 unspecified atom stereocenters. The van der Waals surface area contributed by atoms with Crippen molar-refractivity contribution in [2.75, 3.05) is 37.4 Å². The molecule has 1 aromatic carbocycles. The third-order valence-electron chi connectivity index (χ3n) is 4.11. The monoisotopic (exact) mass is 420 g/mol. The summed E-state index contributed by atoms with van der Waals surface area (Å²) in [5, 5.41) is 14.9. The fourth-order valence-electron chi connectivity index (χ4n) is 2.89. The summed E-state index contributed by atoms with van der Waals surface area (Å²) in [6, 6.07) is 5.71. The minimum atomic E-state index is -0.291. The number of aromatic nitrogens is 3. The van der Waals surface area contributed by atoms with Crippen LogP contribution in [0.2, 0.25) is 5.02 Å². The smallest absolute Gasteiger partial charge is 0.277 e. The molecular formula is C16H23Cl3N6O. The molecule has 144 valence electrons. The molecule has 0 aliphatic carbocycles. The minimum Gasteiger partial charge on any atom is -0.375 e. The molecule has 1 fully saturated rings. The van der Waals surface area contributed by atoms with Crippen LogP contribution in [0.3, 0.4) is 0 Å². The molecule has 2 N–H and O–H groups in total. The number of piperidine rings is 1. The highest BCUT2D eigenvalue weighted by atomic mass is 35.5. The van der Waals surface area contributed by atoms with E-state index in [2.05, 4.69) is 20.9 Å². The summed E-state index contributed by atoms with van der Waals surface area (Å²) >= 11 is 6.23. The van der Waals surface area contributed by atoms with E-state index in [0.717, 1.165) is 31.6 Å². The summed E-state index contributed by atoms with van der Waals surface area (Å²) in [5.41, 5.74) is 1.71. The van der Waals surface area contributed by atoms with Gasteiger partial charge in [0.1, 0.15) is 0 Å². The quantitative estimate of drug-likeness (QED) is 0.794. The Bertz CT molecular complexity index is 731. The third kappa shape index (κ3) is 5.01. The highest BCUT2D eigenvalue weighted by molar-refractivity contribution is 6.34. The molecule has 26 heavy (non-hydrogen) atoms. The Morgan fingerprint density at radius 2 is 2.00 bits per heavy atom. The fraction of sp³-hybridized carbons (Fsp3) is 0.438. The fourth-order valence-corrected chi connectivity index (χ4v) is 3.23. The molecule has 1 aromatic heterocycles. The molecule has 0 radical (unpaired) electrons. The van der Waals surface area contributed by atoms with Crippen molar-refractivity contribution in [2.45, 2.75) is 18.9 Å². The molecule has 0 spiro atoms. The van der Waals surface area contributed by atoms with Crippen molar-refractivity contribution in [1.29, 1.82) is 0 Å². The summed E-state index contributed by atoms with van der Waals surface area (Å²) in [4.78, 5) is 14.4. The van der Waals surface area contributed by atoms with Crippen LogP contribution in [-0.2, 0) is 0 Å². The number of nitrogens with one attached hydrogen (secondary N) is 2. The zero-order valence-corrected chi connectivity index (χ0v) is 17.0. The number of nitrogens with zero attached hydrogens (tertiary/aromatic N) is 4. The van der Waals surface area contributed by atoms with Gasteiger partial charge in [0.15, 0.2) is 5.69 Å². The predicted molar refractivity (Wildman–Crippen MR) is 109 cm³/mol. The maximum Gasteiger partial charge on any atom is 0.277 e. The molecule has 0 bridgehead atoms. The Morgan fingerprint density at radius 1 is 1.31 bits per heavy atom. The van der Waals surface area contributed by atoms with Gasteiger partial charge in [-0.05, 0) is 38.1 Å². The van der Waals surface area contributed by atoms with Crippen molar-refractivity contribution in [3.05, 3.63) is 35.1 Å². The molecule has 1 saturated heterocycles. The van der Waals surface area contributed by atoms with E-state index < -0.39 is 0 Å². The average Bonchev–Trinajstić information content (AvgIpc) is 3.05. The van der Waals surface area contributed by atoms with E-state index in [1.807, 2.05) is 25.1 Å². The van der Waals surface area contributed by atoms with Crippen molar-refractivity contribution in [3.63, 3.8) is 0 Å². The highest BCUT2D eigenvalue weighted by Crippen LogP contribution is 2.32. The largest absolute Gasteiger partial charge is 0.375 e. The number of rotatable bonds is 4. The number of hydrogen-bond acceptors (Lipinski definition) is 5. The number of carbonyl (C=O) groups is 1. The van der Waals surface area contributed by atoms with Crippen LogP contribution in [-0.4, -0.2) is 48.1 Å². The summed E-state index contributed by atoms with van der Waals surface area (Å²) in [7, 11) is 3.76. The lowest BCUT2D eigenvalue weighted by Gasteiger charge is -2.22. The van der Waals surface area contributed by atoms with Gasteiger partial charge in [0.2, 0.25) is 0 Å². The van der Waals surface area contributed by atoms with Gasteiger partial charge in [-0.2, -0.15) is 0 Å². The Kier molecular flexibility index (Phi) is 8.62. The van der Waals surface area contributed by atoms with Gasteiger partial charge in [0, 0.05) is 14.1 Å². The van der Waals surface area contributed by atoms with Gasteiger partial charge in [0.05, 0.1) is 28.6 Å². The lowest BCUT2D eigenvalue weighted by Crippen LogP contribution is -2.29. The Hall–Kier alpha value is -1.54. The van der Waals surface area contributed by atoms with E-state index in [4.69, 9.17) is 11.6 Å². The number of para-hydroxylation sites is 1. The highest BCUT2D eigenvalue weighted by Gasteiger charge is 2.20. The number of carbonyl (C=O) groups excluding carboxylic acids is 1. The van der Waals surface area contributed by atoms with E-state index in [-0.39, 0.29) is 30.7 Å². The van der Waals surface area contributed by atoms with E-state index in [1.54, 1.807) is 23.0 Å². The van der Waals surface area contributed by atoms with Crippen LogP contribution < -0.4 is 15.5 Å². The number of benzene rings is 1. The standard InChI is InChI=1S/C16H21ClN6O.2ClH/c1-22(2)15-12(17)4-3-5-13(15)19-16(24)14-10-23(21-20-14)11-6-8-18-9-7-11;;/h3-5,10-11,18H,6-9H2,1-2H3,(H,19,24);2*1H. The lowest BCUT2D eigenvalue weighted by atomic mass is 10.1. The summed E-state index contributed by atoms with van der Waals surface area (Å²) < 4.78 is 1.79. The van der Waals surface area contributed by atoms with Gasteiger partial charge in [0.25, 0.3) is 5.91 Å². The van der Waals surface area contributed by atoms with Crippen molar-refractivity contribution in [1.82, 2.24) is 20.3 Å². The molecular weight excluding hydrogens is 399 g/mol. The number of anilines is 2. The normalized spacial score (nSPS) is 14.1. The first-order valence-electron chi connectivity index (χ1n) is 7.96. The number of hydrogen-bond donors (Lipinski definition) is 2. The summed E-state index contributed by atoms with van der Waals surface area (Å²) in [6.07, 6.45) is 3.69. The van der Waals surface area contributed by atoms with E-state index >= 15 is 0 Å². The molecule has 2 heterocycles. The SMILES string of the molecule is CN(C)c1c(Cl)cccc1NC(=O)c1cn(C2CCNCC2)nn1.Cl.Cl. The van der Waals surface area contributed by atoms with Crippen molar-refractivity contribution in [3.8, 4) is 0 Å². The Labute approximate surface area is 170 Å². The molecule has 7 nitrogen and oxygen atoms in total. The molecule has 0 saturated carbocycles. The molecule has 10 heteroatoms. The zero-order valence-electron chi connectivity index (χ0n) is 14.6. The topological polar surface area (TPSA) is 75.1 Å². The molecule has 1 aliphatic rings. The first kappa shape index (κ1) is 22.5. The van der Waals surface area contributed by atoms with E-state index in [0.29, 0.717) is 22.4 Å². The second-order valence-electron chi connectivity index (χ2n) is 6.05. The minimum absolute atomic E-state index is 0. The average molecular weight is 422 g/mol. The van der Waals surface area contributed by atoms with Crippen LogP contribution in [0, 0.1) is 0 Å². The van der Waals surface area contributed by atoms with Gasteiger partial charge in [-0.25, -0.2) is 4.68 Å². The van der Waals surface area contributed by atoms with Crippen LogP contribution in [0.15, 0.2) is 24.4 Å². The van der Waals surface area contributed by atoms with Crippen LogP contribution in [0.25, 0.3) is 0 Å². The molecule has 0 atom stereocenters. The maximum atomic E-state index is 12.5. The third-order valence-corrected chi connectivity index (χ3v) is 4.41. The first-order valence-corrected chi connectivity index (χ1v) is 8.34. The molecule has 2 aromatic rings. The van der Waals surface area contributed by atoms with Crippen LogP contribution in [0.1, 0.15) is 29.4 Å². The van der Waals surface area contributed by atoms with E-state index in [9.17, 15) is 4.79 Å². The van der Waals surface area contributed by atoms with Crippen molar-refractivity contribution >= 4 is 53.7 Å². The van der Waals surface area contributed by atoms with Crippen LogP contribution in [0.5, 0.6) is 0 Å². The summed E-state index contributed by atoms with van der Waals surface area (Å²) in [5.74, 6) is -0.291. The zero-order chi connectivity index (χ0) is 17.1. The number of halogens is 3. The maximum absolute atomic E-state index is 12.5. The van der Waals surface area contributed by atoms with Gasteiger partial charge < -0.3 is 15.5 Å². The van der Waals surface area contributed by atoms with Crippen molar-refractivity contribution < 1.29 is 4.79 Å². The Morgan fingerprint density at radius 3 is 2.65 bits per heavy atom. The molecule has 1 aliphatic heterocycles. The number of amides is 1. The van der Waals surface area contributed by atoms with Gasteiger partial charge >= 0.3 is 0 Å². The van der Waals surface area contributed by atoms with Crippen LogP contribution in [0.4, 0.5) is 11.4 Å². The second-order valence-corrected chi connectivity index (χ2v) is 6.46.